The average Bonchev–Trinajstić information content (AvgIpc) is 2.75. The van der Waals surface area contributed by atoms with Crippen molar-refractivity contribution in [2.75, 3.05) is 18.9 Å². The quantitative estimate of drug-likeness (QED) is 0.772. The first kappa shape index (κ1) is 9.02. The van der Waals surface area contributed by atoms with Gasteiger partial charge >= 0.3 is 0 Å². The molecule has 0 aliphatic carbocycles. The standard InChI is InChI=1S/C10H9N3O3/c11-10-12-9(16-13-10)6-1-2-7-8(5-6)15-4-3-14-7/h1-2,5H,3-4H2,(H2,11,13). The molecule has 82 valence electrons. The van der Waals surface area contributed by atoms with Gasteiger partial charge in [-0.3, -0.25) is 0 Å². The Bertz CT molecular complexity index is 524. The van der Waals surface area contributed by atoms with Crippen molar-refractivity contribution in [2.24, 2.45) is 0 Å². The zero-order chi connectivity index (χ0) is 11.0. The molecule has 0 bridgehead atoms. The van der Waals surface area contributed by atoms with Crippen LogP contribution in [0.4, 0.5) is 5.95 Å². The van der Waals surface area contributed by atoms with Gasteiger partial charge in [0.05, 0.1) is 0 Å². The lowest BCUT2D eigenvalue weighted by Crippen LogP contribution is -2.15. The molecule has 0 amide bonds. The van der Waals surface area contributed by atoms with Crippen molar-refractivity contribution in [1.29, 1.82) is 0 Å². The van der Waals surface area contributed by atoms with Gasteiger partial charge in [-0.15, -0.1) is 0 Å². The molecule has 0 spiro atoms. The van der Waals surface area contributed by atoms with Crippen molar-refractivity contribution in [3.05, 3.63) is 18.2 Å². The highest BCUT2D eigenvalue weighted by Crippen LogP contribution is 2.33. The van der Waals surface area contributed by atoms with Crippen molar-refractivity contribution >= 4 is 5.95 Å². The fourth-order valence-electron chi connectivity index (χ4n) is 1.53. The summed E-state index contributed by atoms with van der Waals surface area (Å²) in [6.45, 7) is 1.11. The minimum Gasteiger partial charge on any atom is -0.486 e. The number of ether oxygens (including phenoxy) is 2. The van der Waals surface area contributed by atoms with Crippen LogP contribution in [0.2, 0.25) is 0 Å². The van der Waals surface area contributed by atoms with Gasteiger partial charge in [0, 0.05) is 5.56 Å². The highest BCUT2D eigenvalue weighted by molar-refractivity contribution is 5.60. The summed E-state index contributed by atoms with van der Waals surface area (Å²) >= 11 is 0. The Kier molecular flexibility index (Phi) is 1.92. The summed E-state index contributed by atoms with van der Waals surface area (Å²) in [7, 11) is 0. The van der Waals surface area contributed by atoms with E-state index >= 15 is 0 Å². The van der Waals surface area contributed by atoms with Gasteiger partial charge in [-0.2, -0.15) is 4.98 Å². The number of benzene rings is 1. The minimum atomic E-state index is 0.116. The van der Waals surface area contributed by atoms with E-state index in [4.69, 9.17) is 19.7 Å². The Morgan fingerprint density at radius 1 is 1.12 bits per heavy atom. The normalized spacial score (nSPS) is 13.8. The number of anilines is 1. The van der Waals surface area contributed by atoms with Gasteiger partial charge in [-0.25, -0.2) is 0 Å². The SMILES string of the molecule is Nc1noc(-c2ccc3c(c2)OCCO3)n1. The number of nitrogens with two attached hydrogens (primary N) is 1. The molecule has 2 aromatic rings. The Hall–Kier alpha value is -2.24. The molecular weight excluding hydrogens is 210 g/mol. The van der Waals surface area contributed by atoms with Crippen molar-refractivity contribution in [3.8, 4) is 23.0 Å². The summed E-state index contributed by atoms with van der Waals surface area (Å²) < 4.78 is 15.8. The number of rotatable bonds is 1. The number of nitrogen functional groups attached to an aromatic ring is 1. The molecule has 16 heavy (non-hydrogen) atoms. The molecular formula is C10H9N3O3. The Morgan fingerprint density at radius 2 is 1.94 bits per heavy atom. The zero-order valence-corrected chi connectivity index (χ0v) is 8.34. The van der Waals surface area contributed by atoms with Crippen LogP contribution in [0.3, 0.4) is 0 Å². The molecule has 3 rings (SSSR count). The highest BCUT2D eigenvalue weighted by Gasteiger charge is 2.14. The van der Waals surface area contributed by atoms with E-state index in [2.05, 4.69) is 10.1 Å². The second-order valence-electron chi connectivity index (χ2n) is 3.32. The minimum absolute atomic E-state index is 0.116. The molecule has 1 aliphatic heterocycles. The van der Waals surface area contributed by atoms with Gasteiger partial charge in [-0.1, -0.05) is 0 Å². The monoisotopic (exact) mass is 219 g/mol. The molecule has 2 heterocycles. The summed E-state index contributed by atoms with van der Waals surface area (Å²) in [5.74, 6) is 1.89. The Morgan fingerprint density at radius 3 is 2.69 bits per heavy atom. The van der Waals surface area contributed by atoms with Crippen LogP contribution in [0.15, 0.2) is 22.7 Å². The summed E-state index contributed by atoms with van der Waals surface area (Å²) in [5, 5.41) is 3.52. The van der Waals surface area contributed by atoms with Crippen molar-refractivity contribution < 1.29 is 14.0 Å². The maximum atomic E-state index is 5.45. The second-order valence-corrected chi connectivity index (χ2v) is 3.32. The van der Waals surface area contributed by atoms with Gasteiger partial charge in [0.2, 0.25) is 0 Å². The van der Waals surface area contributed by atoms with Crippen molar-refractivity contribution in [2.45, 2.75) is 0 Å². The van der Waals surface area contributed by atoms with E-state index in [0.717, 1.165) is 11.3 Å². The summed E-state index contributed by atoms with van der Waals surface area (Å²) in [6, 6.07) is 5.42. The van der Waals surface area contributed by atoms with Crippen LogP contribution in [-0.2, 0) is 0 Å². The van der Waals surface area contributed by atoms with Crippen LogP contribution in [-0.4, -0.2) is 23.4 Å². The third-order valence-corrected chi connectivity index (χ3v) is 2.23. The molecule has 1 aromatic carbocycles. The fourth-order valence-corrected chi connectivity index (χ4v) is 1.53. The maximum Gasteiger partial charge on any atom is 0.261 e. The van der Waals surface area contributed by atoms with Gasteiger partial charge < -0.3 is 19.7 Å². The molecule has 0 saturated heterocycles. The average molecular weight is 219 g/mol. The topological polar surface area (TPSA) is 83.4 Å². The van der Waals surface area contributed by atoms with Crippen LogP contribution in [0.25, 0.3) is 11.5 Å². The first-order chi connectivity index (χ1) is 7.83. The highest BCUT2D eigenvalue weighted by atomic mass is 16.6. The molecule has 6 heteroatoms. The fraction of sp³-hybridized carbons (Fsp3) is 0.200. The number of hydrogen-bond donors (Lipinski definition) is 1. The molecule has 0 unspecified atom stereocenters. The lowest BCUT2D eigenvalue weighted by atomic mass is 10.2. The van der Waals surface area contributed by atoms with E-state index < -0.39 is 0 Å². The molecule has 0 saturated carbocycles. The van der Waals surface area contributed by atoms with Gasteiger partial charge in [0.1, 0.15) is 13.2 Å². The number of hydrogen-bond acceptors (Lipinski definition) is 6. The van der Waals surface area contributed by atoms with E-state index in [9.17, 15) is 0 Å². The molecule has 6 nitrogen and oxygen atoms in total. The lowest BCUT2D eigenvalue weighted by Gasteiger charge is -2.18. The molecule has 2 N–H and O–H groups in total. The largest absolute Gasteiger partial charge is 0.486 e. The molecule has 0 radical (unpaired) electrons. The van der Waals surface area contributed by atoms with E-state index in [-0.39, 0.29) is 5.95 Å². The summed E-state index contributed by atoms with van der Waals surface area (Å²) in [6.07, 6.45) is 0. The number of aromatic nitrogens is 2. The van der Waals surface area contributed by atoms with Crippen molar-refractivity contribution in [1.82, 2.24) is 10.1 Å². The van der Waals surface area contributed by atoms with E-state index in [1.54, 1.807) is 6.07 Å². The van der Waals surface area contributed by atoms with E-state index in [1.165, 1.54) is 0 Å². The van der Waals surface area contributed by atoms with Crippen molar-refractivity contribution in [3.63, 3.8) is 0 Å². The third kappa shape index (κ3) is 1.44. The predicted molar refractivity (Wildman–Crippen MR) is 55.1 cm³/mol. The molecule has 0 fully saturated rings. The maximum absolute atomic E-state index is 5.45. The Labute approximate surface area is 91.0 Å². The predicted octanol–water partition coefficient (Wildman–Crippen LogP) is 1.09. The molecule has 1 aromatic heterocycles. The summed E-state index contributed by atoms with van der Waals surface area (Å²) in [4.78, 5) is 3.93. The van der Waals surface area contributed by atoms with Crippen LogP contribution >= 0.6 is 0 Å². The summed E-state index contributed by atoms with van der Waals surface area (Å²) in [5.41, 5.74) is 6.14. The molecule has 1 aliphatic rings. The first-order valence-corrected chi connectivity index (χ1v) is 4.82. The van der Waals surface area contributed by atoms with E-state index in [1.807, 2.05) is 12.1 Å². The Balaban J connectivity index is 2.02. The molecule has 0 atom stereocenters. The first-order valence-electron chi connectivity index (χ1n) is 4.82. The van der Waals surface area contributed by atoms with E-state index in [0.29, 0.717) is 24.9 Å². The zero-order valence-electron chi connectivity index (χ0n) is 8.34. The number of fused-ring (bicyclic) bond motifs is 1. The van der Waals surface area contributed by atoms with Crippen LogP contribution in [0.5, 0.6) is 11.5 Å². The van der Waals surface area contributed by atoms with Crippen LogP contribution in [0.1, 0.15) is 0 Å². The van der Waals surface area contributed by atoms with Crippen LogP contribution in [0, 0.1) is 0 Å². The van der Waals surface area contributed by atoms with Gasteiger partial charge in [0.15, 0.2) is 11.5 Å². The lowest BCUT2D eigenvalue weighted by molar-refractivity contribution is 0.171. The number of nitrogens with zero attached hydrogens (tertiary/aromatic N) is 2. The van der Waals surface area contributed by atoms with Gasteiger partial charge in [0.25, 0.3) is 11.8 Å². The van der Waals surface area contributed by atoms with Crippen LogP contribution < -0.4 is 15.2 Å². The van der Waals surface area contributed by atoms with Gasteiger partial charge in [-0.05, 0) is 23.4 Å². The third-order valence-electron chi connectivity index (χ3n) is 2.23. The second kappa shape index (κ2) is 3.41. The smallest absolute Gasteiger partial charge is 0.261 e.